The highest BCUT2D eigenvalue weighted by atomic mass is 32.2. The average molecular weight is 734 g/mol. The number of amides is 2. The van der Waals surface area contributed by atoms with E-state index in [1.165, 1.54) is 23.6 Å². The number of carbonyl (C=O) groups excluding carboxylic acids is 2. The van der Waals surface area contributed by atoms with E-state index in [-0.39, 0.29) is 29.3 Å². The molecule has 0 saturated carbocycles. The number of hydrogen-bond donors (Lipinski definition) is 1. The number of benzene rings is 4. The third-order valence-electron chi connectivity index (χ3n) is 10.3. The van der Waals surface area contributed by atoms with Crippen molar-refractivity contribution < 1.29 is 27.5 Å². The van der Waals surface area contributed by atoms with E-state index in [4.69, 9.17) is 9.47 Å². The number of carbonyl (C=O) groups is 2. The smallest absolute Gasteiger partial charge is 0.264 e. The normalized spacial score (nSPS) is 16.1. The lowest BCUT2D eigenvalue weighted by Crippen LogP contribution is -2.47. The molecule has 5 aromatic rings. The number of nitrogens with zero attached hydrogens (tertiary/aromatic N) is 4. The highest BCUT2D eigenvalue weighted by Crippen LogP contribution is 2.41. The summed E-state index contributed by atoms with van der Waals surface area (Å²) in [5.74, 6) is 0.212. The fourth-order valence-electron chi connectivity index (χ4n) is 7.50. The van der Waals surface area contributed by atoms with Crippen LogP contribution in [0.25, 0.3) is 10.9 Å². The molecule has 1 N–H and O–H groups in total. The molecule has 2 aliphatic rings. The molecule has 4 aromatic carbocycles. The van der Waals surface area contributed by atoms with Gasteiger partial charge in [-0.15, -0.1) is 0 Å². The van der Waals surface area contributed by atoms with Gasteiger partial charge in [0.25, 0.3) is 11.8 Å². The number of piperazine rings is 1. The van der Waals surface area contributed by atoms with Crippen LogP contribution in [0.5, 0.6) is 11.5 Å². The monoisotopic (exact) mass is 733 g/mol. The first-order chi connectivity index (χ1) is 25.7. The van der Waals surface area contributed by atoms with Gasteiger partial charge in [-0.1, -0.05) is 60.7 Å². The molecular formula is C41H43N5O6S. The fraction of sp³-hybridized carbons (Fsp3) is 0.293. The zero-order valence-corrected chi connectivity index (χ0v) is 30.9. The zero-order valence-electron chi connectivity index (χ0n) is 30.1. The van der Waals surface area contributed by atoms with Gasteiger partial charge in [0.1, 0.15) is 4.90 Å². The Labute approximate surface area is 310 Å². The average Bonchev–Trinajstić information content (AvgIpc) is 3.46. The molecule has 3 heterocycles. The molecule has 0 aliphatic carbocycles. The molecule has 2 amide bonds. The van der Waals surface area contributed by atoms with Gasteiger partial charge in [-0.25, -0.2) is 13.1 Å². The van der Waals surface area contributed by atoms with E-state index in [9.17, 15) is 18.0 Å². The van der Waals surface area contributed by atoms with Crippen molar-refractivity contribution in [3.8, 4) is 11.5 Å². The molecular weight excluding hydrogens is 691 g/mol. The summed E-state index contributed by atoms with van der Waals surface area (Å²) < 4.78 is 40.6. The Morgan fingerprint density at radius 3 is 2.28 bits per heavy atom. The van der Waals surface area contributed by atoms with Crippen LogP contribution in [-0.2, 0) is 10.0 Å². The summed E-state index contributed by atoms with van der Waals surface area (Å²) >= 11 is 0. The molecule has 53 heavy (non-hydrogen) atoms. The Kier molecular flexibility index (Phi) is 10.5. The van der Waals surface area contributed by atoms with Gasteiger partial charge in [0.15, 0.2) is 11.5 Å². The Morgan fingerprint density at radius 1 is 0.792 bits per heavy atom. The topological polar surface area (TPSA) is 121 Å². The molecule has 0 spiro atoms. The van der Waals surface area contributed by atoms with Crippen LogP contribution < -0.4 is 19.1 Å². The number of pyridine rings is 1. The Bertz CT molecular complexity index is 2240. The van der Waals surface area contributed by atoms with E-state index in [0.29, 0.717) is 59.6 Å². The second-order valence-electron chi connectivity index (χ2n) is 13.3. The van der Waals surface area contributed by atoms with Crippen molar-refractivity contribution in [3.63, 3.8) is 0 Å². The standard InChI is InChI=1S/C41H43N5O6S/c1-28(29-11-5-4-6-12-29)44-23-25-45(26-24-44)34-16-8-15-32-38(34)41(48)46(40(32)47)33(31-19-20-35(51-2)36(27-31)52-3)17-10-22-43-53(49,50)37-18-7-13-30-14-9-21-42-39(30)37/h4-9,11-16,18-21,27-28,33,43H,10,17,22-26H2,1-3H3/t28-,33?/m1/s1. The first-order valence-electron chi connectivity index (χ1n) is 17.8. The molecule has 12 heteroatoms. The van der Waals surface area contributed by atoms with E-state index in [1.807, 2.05) is 36.4 Å². The van der Waals surface area contributed by atoms with E-state index < -0.39 is 16.1 Å². The molecule has 1 unspecified atom stereocenters. The second kappa shape index (κ2) is 15.4. The summed E-state index contributed by atoms with van der Waals surface area (Å²) in [4.78, 5) is 39.1. The number of imide groups is 1. The molecule has 1 saturated heterocycles. The number of hydrogen-bond acceptors (Lipinski definition) is 9. The predicted molar refractivity (Wildman–Crippen MR) is 204 cm³/mol. The molecule has 1 aromatic heterocycles. The number of anilines is 1. The first kappa shape index (κ1) is 36.1. The van der Waals surface area contributed by atoms with Crippen LogP contribution in [0.2, 0.25) is 0 Å². The summed E-state index contributed by atoms with van der Waals surface area (Å²) in [7, 11) is -0.830. The maximum Gasteiger partial charge on any atom is 0.264 e. The van der Waals surface area contributed by atoms with Gasteiger partial charge in [0.2, 0.25) is 10.0 Å². The minimum atomic E-state index is -3.90. The maximum absolute atomic E-state index is 14.5. The lowest BCUT2D eigenvalue weighted by molar-refractivity contribution is 0.0572. The molecule has 2 atom stereocenters. The summed E-state index contributed by atoms with van der Waals surface area (Å²) in [6.07, 6.45) is 2.19. The fourth-order valence-corrected chi connectivity index (χ4v) is 8.75. The van der Waals surface area contributed by atoms with Gasteiger partial charge in [0, 0.05) is 50.3 Å². The first-order valence-corrected chi connectivity index (χ1v) is 19.3. The minimum absolute atomic E-state index is 0.0788. The summed E-state index contributed by atoms with van der Waals surface area (Å²) in [5.41, 5.74) is 3.83. The number of methoxy groups -OCH3 is 2. The van der Waals surface area contributed by atoms with Crippen molar-refractivity contribution in [3.05, 3.63) is 126 Å². The van der Waals surface area contributed by atoms with Crippen molar-refractivity contribution in [2.45, 2.75) is 36.7 Å². The van der Waals surface area contributed by atoms with Crippen molar-refractivity contribution in [1.82, 2.24) is 19.5 Å². The van der Waals surface area contributed by atoms with Gasteiger partial charge in [-0.2, -0.15) is 0 Å². The lowest BCUT2D eigenvalue weighted by atomic mass is 9.99. The van der Waals surface area contributed by atoms with Gasteiger partial charge in [-0.3, -0.25) is 24.4 Å². The lowest BCUT2D eigenvalue weighted by Gasteiger charge is -2.39. The highest BCUT2D eigenvalue weighted by Gasteiger charge is 2.43. The Hall–Kier alpha value is -5.30. The quantitative estimate of drug-likeness (QED) is 0.111. The third kappa shape index (κ3) is 7.09. The van der Waals surface area contributed by atoms with Crippen LogP contribution in [0, 0.1) is 0 Å². The van der Waals surface area contributed by atoms with Gasteiger partial charge in [0.05, 0.1) is 42.6 Å². The molecule has 2 aliphatic heterocycles. The van der Waals surface area contributed by atoms with Gasteiger partial charge < -0.3 is 14.4 Å². The van der Waals surface area contributed by atoms with E-state index >= 15 is 0 Å². The van der Waals surface area contributed by atoms with Crippen molar-refractivity contribution in [1.29, 1.82) is 0 Å². The van der Waals surface area contributed by atoms with E-state index in [1.54, 1.807) is 43.6 Å². The van der Waals surface area contributed by atoms with Crippen LogP contribution in [-0.4, -0.2) is 82.0 Å². The number of ether oxygens (including phenoxy) is 2. The number of fused-ring (bicyclic) bond motifs is 2. The summed E-state index contributed by atoms with van der Waals surface area (Å²) in [5, 5.41) is 0.720. The molecule has 274 valence electrons. The summed E-state index contributed by atoms with van der Waals surface area (Å²) in [6.45, 7) is 5.33. The number of aromatic nitrogens is 1. The molecule has 1 fully saturated rings. The maximum atomic E-state index is 14.5. The predicted octanol–water partition coefficient (Wildman–Crippen LogP) is 6.23. The van der Waals surface area contributed by atoms with Gasteiger partial charge >= 0.3 is 0 Å². The molecule has 7 rings (SSSR count). The number of nitrogens with one attached hydrogen (secondary N) is 1. The van der Waals surface area contributed by atoms with Gasteiger partial charge in [-0.05, 0) is 67.3 Å². The third-order valence-corrected chi connectivity index (χ3v) is 11.8. The minimum Gasteiger partial charge on any atom is -0.493 e. The number of sulfonamides is 1. The Balaban J connectivity index is 1.12. The van der Waals surface area contributed by atoms with Crippen LogP contribution in [0.3, 0.4) is 0 Å². The van der Waals surface area contributed by atoms with E-state index in [2.05, 4.69) is 50.7 Å². The Morgan fingerprint density at radius 2 is 1.53 bits per heavy atom. The van der Waals surface area contributed by atoms with Crippen molar-refractivity contribution in [2.24, 2.45) is 0 Å². The van der Waals surface area contributed by atoms with Crippen LogP contribution in [0.1, 0.15) is 63.7 Å². The van der Waals surface area contributed by atoms with Crippen LogP contribution in [0.15, 0.2) is 108 Å². The largest absolute Gasteiger partial charge is 0.493 e. The SMILES string of the molecule is COc1ccc(C(CCCNS(=O)(=O)c2cccc3cccnc23)N2C(=O)c3cccc(N4CCN([C@H](C)c5ccccc5)CC4)c3C2=O)cc1OC. The zero-order chi connectivity index (χ0) is 37.1. The van der Waals surface area contributed by atoms with Crippen molar-refractivity contribution >= 4 is 38.4 Å². The van der Waals surface area contributed by atoms with Crippen LogP contribution >= 0.6 is 0 Å². The summed E-state index contributed by atoms with van der Waals surface area (Å²) in [6, 6.07) is 29.4. The molecule has 11 nitrogen and oxygen atoms in total. The van der Waals surface area contributed by atoms with E-state index in [0.717, 1.165) is 24.2 Å². The molecule has 0 radical (unpaired) electrons. The second-order valence-corrected chi connectivity index (χ2v) is 15.0. The van der Waals surface area contributed by atoms with Crippen molar-refractivity contribution in [2.75, 3.05) is 51.8 Å². The highest BCUT2D eigenvalue weighted by molar-refractivity contribution is 7.89. The van der Waals surface area contributed by atoms with Crippen LogP contribution in [0.4, 0.5) is 5.69 Å². The number of rotatable bonds is 13. The molecule has 0 bridgehead atoms. The number of para-hydroxylation sites is 1.